The molecular formula is C11H15NO5. The topological polar surface area (TPSA) is 99.9 Å². The first-order chi connectivity index (χ1) is 8.10. The normalized spacial score (nSPS) is 14.1. The average molecular weight is 241 g/mol. The van der Waals surface area contributed by atoms with Crippen molar-refractivity contribution >= 4 is 5.97 Å². The minimum atomic E-state index is -1.24. The van der Waals surface area contributed by atoms with Crippen molar-refractivity contribution < 1.29 is 24.9 Å². The lowest BCUT2D eigenvalue weighted by molar-refractivity contribution is 0.00183. The van der Waals surface area contributed by atoms with Crippen LogP contribution in [-0.4, -0.2) is 46.1 Å². The van der Waals surface area contributed by atoms with Gasteiger partial charge in [-0.1, -0.05) is 0 Å². The van der Waals surface area contributed by atoms with Crippen LogP contribution < -0.4 is 0 Å². The molecule has 1 rings (SSSR count). The van der Waals surface area contributed by atoms with Crippen LogP contribution in [0.4, 0.5) is 0 Å². The van der Waals surface area contributed by atoms with Crippen LogP contribution in [0, 0.1) is 0 Å². The standard InChI is InChI=1S/C11H15NO5/c1-17-11(16)7-2-4-12-8(6-7)10(15)9(14)3-5-13/h2,4,6,9-10,13-15H,3,5H2,1H3. The molecule has 1 heterocycles. The molecule has 6 heteroatoms. The number of esters is 1. The highest BCUT2D eigenvalue weighted by atomic mass is 16.5. The molecule has 3 N–H and O–H groups in total. The summed E-state index contributed by atoms with van der Waals surface area (Å²) in [6, 6.07) is 2.79. The average Bonchev–Trinajstić information content (AvgIpc) is 2.37. The SMILES string of the molecule is COC(=O)c1ccnc(C(O)C(O)CCO)c1. The van der Waals surface area contributed by atoms with E-state index in [0.29, 0.717) is 0 Å². The van der Waals surface area contributed by atoms with E-state index in [1.165, 1.54) is 25.4 Å². The number of pyridine rings is 1. The van der Waals surface area contributed by atoms with Crippen LogP contribution in [0.2, 0.25) is 0 Å². The second-order valence-electron chi connectivity index (χ2n) is 3.49. The van der Waals surface area contributed by atoms with Crippen molar-refractivity contribution in [2.45, 2.75) is 18.6 Å². The fraction of sp³-hybridized carbons (Fsp3) is 0.455. The summed E-state index contributed by atoms with van der Waals surface area (Å²) in [7, 11) is 1.25. The van der Waals surface area contributed by atoms with Gasteiger partial charge < -0.3 is 20.1 Å². The highest BCUT2D eigenvalue weighted by Gasteiger charge is 2.20. The minimum absolute atomic E-state index is 0.0330. The number of aliphatic hydroxyl groups excluding tert-OH is 3. The molecule has 0 aliphatic rings. The largest absolute Gasteiger partial charge is 0.465 e. The molecule has 1 aromatic heterocycles. The number of methoxy groups -OCH3 is 1. The maximum atomic E-state index is 11.2. The van der Waals surface area contributed by atoms with Crippen LogP contribution in [0.1, 0.15) is 28.6 Å². The van der Waals surface area contributed by atoms with Crippen LogP contribution >= 0.6 is 0 Å². The summed E-state index contributed by atoms with van der Waals surface area (Å²) in [6.45, 7) is -0.241. The van der Waals surface area contributed by atoms with Crippen LogP contribution in [0.5, 0.6) is 0 Å². The predicted octanol–water partition coefficient (Wildman–Crippen LogP) is -0.355. The quantitative estimate of drug-likeness (QED) is 0.609. The maximum absolute atomic E-state index is 11.2. The first-order valence-electron chi connectivity index (χ1n) is 5.11. The summed E-state index contributed by atoms with van der Waals surface area (Å²) in [4.78, 5) is 15.1. The lowest BCUT2D eigenvalue weighted by Crippen LogP contribution is -2.20. The van der Waals surface area contributed by atoms with Crippen molar-refractivity contribution in [2.75, 3.05) is 13.7 Å². The molecule has 0 radical (unpaired) electrons. The number of aromatic nitrogens is 1. The number of ether oxygens (including phenoxy) is 1. The van der Waals surface area contributed by atoms with E-state index in [-0.39, 0.29) is 24.3 Å². The first-order valence-corrected chi connectivity index (χ1v) is 5.11. The Hall–Kier alpha value is -1.50. The van der Waals surface area contributed by atoms with Gasteiger partial charge in [-0.25, -0.2) is 4.79 Å². The van der Waals surface area contributed by atoms with Gasteiger partial charge in [-0.3, -0.25) is 4.98 Å². The Morgan fingerprint density at radius 1 is 1.53 bits per heavy atom. The smallest absolute Gasteiger partial charge is 0.337 e. The number of aliphatic hydroxyl groups is 3. The molecule has 0 aliphatic heterocycles. The van der Waals surface area contributed by atoms with Gasteiger partial charge in [0.25, 0.3) is 0 Å². The van der Waals surface area contributed by atoms with Gasteiger partial charge >= 0.3 is 5.97 Å². The van der Waals surface area contributed by atoms with Gasteiger partial charge in [-0.2, -0.15) is 0 Å². The molecule has 94 valence electrons. The molecule has 0 spiro atoms. The monoisotopic (exact) mass is 241 g/mol. The van der Waals surface area contributed by atoms with Gasteiger partial charge in [0.2, 0.25) is 0 Å². The molecule has 0 aromatic carbocycles. The van der Waals surface area contributed by atoms with Crippen LogP contribution in [-0.2, 0) is 4.74 Å². The molecule has 0 aliphatic carbocycles. The third-order valence-electron chi connectivity index (χ3n) is 2.29. The Bertz CT molecular complexity index is 382. The molecule has 2 unspecified atom stereocenters. The van der Waals surface area contributed by atoms with Gasteiger partial charge in [0.15, 0.2) is 0 Å². The van der Waals surface area contributed by atoms with Crippen LogP contribution in [0.3, 0.4) is 0 Å². The van der Waals surface area contributed by atoms with E-state index >= 15 is 0 Å². The van der Waals surface area contributed by atoms with Gasteiger partial charge in [0.1, 0.15) is 6.10 Å². The second kappa shape index (κ2) is 6.29. The van der Waals surface area contributed by atoms with E-state index in [4.69, 9.17) is 5.11 Å². The molecule has 6 nitrogen and oxygen atoms in total. The summed E-state index contributed by atoms with van der Waals surface area (Å²) in [5.41, 5.74) is 0.404. The zero-order valence-electron chi connectivity index (χ0n) is 9.41. The molecule has 0 saturated carbocycles. The number of hydrogen-bond donors (Lipinski definition) is 3. The molecular weight excluding hydrogens is 226 g/mol. The van der Waals surface area contributed by atoms with Gasteiger partial charge in [-0.05, 0) is 18.6 Å². The highest BCUT2D eigenvalue weighted by Crippen LogP contribution is 2.17. The Morgan fingerprint density at radius 3 is 2.82 bits per heavy atom. The fourth-order valence-corrected chi connectivity index (χ4v) is 1.34. The summed E-state index contributed by atoms with van der Waals surface area (Å²) >= 11 is 0. The van der Waals surface area contributed by atoms with E-state index in [9.17, 15) is 15.0 Å². The Balaban J connectivity index is 2.87. The van der Waals surface area contributed by atoms with E-state index in [1.807, 2.05) is 0 Å². The molecule has 0 saturated heterocycles. The molecule has 17 heavy (non-hydrogen) atoms. The third kappa shape index (κ3) is 3.48. The zero-order valence-corrected chi connectivity index (χ0v) is 9.41. The predicted molar refractivity (Wildman–Crippen MR) is 58.2 cm³/mol. The van der Waals surface area contributed by atoms with Crippen LogP contribution in [0.15, 0.2) is 18.3 Å². The minimum Gasteiger partial charge on any atom is -0.465 e. The maximum Gasteiger partial charge on any atom is 0.337 e. The highest BCUT2D eigenvalue weighted by molar-refractivity contribution is 5.89. The van der Waals surface area contributed by atoms with Gasteiger partial charge in [0, 0.05) is 12.8 Å². The van der Waals surface area contributed by atoms with E-state index < -0.39 is 18.2 Å². The molecule has 2 atom stereocenters. The van der Waals surface area contributed by atoms with E-state index in [0.717, 1.165) is 0 Å². The first kappa shape index (κ1) is 13.6. The van der Waals surface area contributed by atoms with Gasteiger partial charge in [0.05, 0.1) is 24.5 Å². The molecule has 0 fully saturated rings. The molecule has 0 bridgehead atoms. The van der Waals surface area contributed by atoms with Crippen molar-refractivity contribution in [1.29, 1.82) is 0 Å². The summed E-state index contributed by atoms with van der Waals surface area (Å²) in [5.74, 6) is -0.544. The van der Waals surface area contributed by atoms with E-state index in [2.05, 4.69) is 9.72 Å². The molecule has 0 amide bonds. The molecule has 1 aromatic rings. The Morgan fingerprint density at radius 2 is 2.24 bits per heavy atom. The number of rotatable bonds is 5. The fourth-order valence-electron chi connectivity index (χ4n) is 1.34. The Labute approximate surface area is 98.5 Å². The number of carbonyl (C=O) groups excluding carboxylic acids is 1. The van der Waals surface area contributed by atoms with E-state index in [1.54, 1.807) is 0 Å². The summed E-state index contributed by atoms with van der Waals surface area (Å²) < 4.78 is 4.53. The number of carbonyl (C=O) groups is 1. The van der Waals surface area contributed by atoms with Crippen molar-refractivity contribution in [3.63, 3.8) is 0 Å². The number of hydrogen-bond acceptors (Lipinski definition) is 6. The van der Waals surface area contributed by atoms with Crippen molar-refractivity contribution in [2.24, 2.45) is 0 Å². The second-order valence-corrected chi connectivity index (χ2v) is 3.49. The van der Waals surface area contributed by atoms with Gasteiger partial charge in [-0.15, -0.1) is 0 Å². The number of nitrogens with zero attached hydrogens (tertiary/aromatic N) is 1. The van der Waals surface area contributed by atoms with Crippen molar-refractivity contribution in [1.82, 2.24) is 4.98 Å². The van der Waals surface area contributed by atoms with Crippen molar-refractivity contribution in [3.8, 4) is 0 Å². The lowest BCUT2D eigenvalue weighted by Gasteiger charge is -2.16. The summed E-state index contributed by atoms with van der Waals surface area (Å²) in [6.07, 6.45) is -0.992. The summed E-state index contributed by atoms with van der Waals surface area (Å²) in [5, 5.41) is 27.9. The van der Waals surface area contributed by atoms with Crippen molar-refractivity contribution in [3.05, 3.63) is 29.6 Å². The third-order valence-corrected chi connectivity index (χ3v) is 2.29. The Kier molecular flexibility index (Phi) is 5.02. The zero-order chi connectivity index (χ0) is 12.8. The lowest BCUT2D eigenvalue weighted by atomic mass is 10.1. The van der Waals surface area contributed by atoms with Crippen LogP contribution in [0.25, 0.3) is 0 Å².